The van der Waals surface area contributed by atoms with E-state index in [1.807, 2.05) is 0 Å². The first-order valence-corrected chi connectivity index (χ1v) is 6.80. The molecule has 0 aliphatic heterocycles. The van der Waals surface area contributed by atoms with Gasteiger partial charge in [-0.3, -0.25) is 4.79 Å². The average molecular weight is 295 g/mol. The Morgan fingerprint density at radius 1 is 1.70 bits per heavy atom. The summed E-state index contributed by atoms with van der Waals surface area (Å²) >= 11 is 1.18. The van der Waals surface area contributed by atoms with Crippen LogP contribution in [0.3, 0.4) is 0 Å². The molecule has 9 heteroatoms. The SMILES string of the molecule is CCOC(=O)CSc1n[nH]c(N/N=C\c2ccco2)n1. The number of anilines is 1. The molecular weight excluding hydrogens is 282 g/mol. The number of carbonyl (C=O) groups excluding carboxylic acids is 1. The third kappa shape index (κ3) is 4.43. The molecule has 2 rings (SSSR count). The van der Waals surface area contributed by atoms with Gasteiger partial charge in [-0.2, -0.15) is 10.1 Å². The highest BCUT2D eigenvalue weighted by Gasteiger charge is 2.07. The molecule has 0 unspecified atom stereocenters. The van der Waals surface area contributed by atoms with Gasteiger partial charge in [-0.05, 0) is 19.1 Å². The van der Waals surface area contributed by atoms with E-state index < -0.39 is 0 Å². The maximum atomic E-state index is 11.2. The predicted molar refractivity (Wildman–Crippen MR) is 73.7 cm³/mol. The number of thioether (sulfide) groups is 1. The molecule has 2 N–H and O–H groups in total. The zero-order valence-electron chi connectivity index (χ0n) is 10.7. The smallest absolute Gasteiger partial charge is 0.316 e. The molecule has 0 aliphatic rings. The van der Waals surface area contributed by atoms with Crippen LogP contribution in [0, 0.1) is 0 Å². The maximum Gasteiger partial charge on any atom is 0.316 e. The van der Waals surface area contributed by atoms with E-state index in [4.69, 9.17) is 9.15 Å². The highest BCUT2D eigenvalue weighted by molar-refractivity contribution is 7.99. The van der Waals surface area contributed by atoms with Crippen LogP contribution in [-0.4, -0.2) is 39.7 Å². The van der Waals surface area contributed by atoms with Crippen molar-refractivity contribution in [3.05, 3.63) is 24.2 Å². The first-order chi connectivity index (χ1) is 9.78. The first kappa shape index (κ1) is 14.1. The Morgan fingerprint density at radius 2 is 2.60 bits per heavy atom. The minimum absolute atomic E-state index is 0.167. The number of hydrazone groups is 1. The van der Waals surface area contributed by atoms with Crippen molar-refractivity contribution in [2.75, 3.05) is 17.8 Å². The van der Waals surface area contributed by atoms with Gasteiger partial charge in [0.1, 0.15) is 5.76 Å². The summed E-state index contributed by atoms with van der Waals surface area (Å²) in [6.07, 6.45) is 3.06. The number of aromatic amines is 1. The molecule has 2 heterocycles. The van der Waals surface area contributed by atoms with Crippen LogP contribution in [0.1, 0.15) is 12.7 Å². The minimum Gasteiger partial charge on any atom is -0.465 e. The molecule has 0 radical (unpaired) electrons. The molecule has 2 aromatic rings. The summed E-state index contributed by atoms with van der Waals surface area (Å²) in [5, 5.41) is 10.9. The van der Waals surface area contributed by atoms with Crippen molar-refractivity contribution >= 4 is 29.9 Å². The molecule has 0 amide bonds. The van der Waals surface area contributed by atoms with Crippen molar-refractivity contribution in [1.29, 1.82) is 0 Å². The molecule has 0 spiro atoms. The topological polar surface area (TPSA) is 105 Å². The van der Waals surface area contributed by atoms with Crippen LogP contribution in [0.5, 0.6) is 0 Å². The molecule has 0 aromatic carbocycles. The summed E-state index contributed by atoms with van der Waals surface area (Å²) in [6, 6.07) is 3.53. The molecule has 20 heavy (non-hydrogen) atoms. The van der Waals surface area contributed by atoms with E-state index in [-0.39, 0.29) is 11.7 Å². The van der Waals surface area contributed by atoms with E-state index in [0.717, 1.165) is 0 Å². The number of ether oxygens (including phenoxy) is 1. The quantitative estimate of drug-likeness (QED) is 0.345. The van der Waals surface area contributed by atoms with Crippen molar-refractivity contribution in [1.82, 2.24) is 15.2 Å². The van der Waals surface area contributed by atoms with Crippen molar-refractivity contribution in [2.24, 2.45) is 5.10 Å². The van der Waals surface area contributed by atoms with Gasteiger partial charge in [-0.25, -0.2) is 10.5 Å². The zero-order chi connectivity index (χ0) is 14.2. The normalized spacial score (nSPS) is 10.8. The maximum absolute atomic E-state index is 11.2. The molecule has 2 aromatic heterocycles. The van der Waals surface area contributed by atoms with Crippen molar-refractivity contribution in [2.45, 2.75) is 12.1 Å². The molecule has 0 atom stereocenters. The van der Waals surface area contributed by atoms with Gasteiger partial charge >= 0.3 is 5.97 Å². The van der Waals surface area contributed by atoms with Gasteiger partial charge in [0, 0.05) is 0 Å². The zero-order valence-corrected chi connectivity index (χ0v) is 11.5. The molecule has 0 saturated carbocycles. The highest BCUT2D eigenvalue weighted by atomic mass is 32.2. The van der Waals surface area contributed by atoms with Crippen molar-refractivity contribution in [3.63, 3.8) is 0 Å². The summed E-state index contributed by atoms with van der Waals surface area (Å²) < 4.78 is 9.88. The van der Waals surface area contributed by atoms with Crippen LogP contribution in [0.25, 0.3) is 0 Å². The molecule has 0 saturated heterocycles. The Bertz CT molecular complexity index is 566. The fraction of sp³-hybridized carbons (Fsp3) is 0.273. The summed E-state index contributed by atoms with van der Waals surface area (Å²) in [5.74, 6) is 0.863. The van der Waals surface area contributed by atoms with Gasteiger partial charge in [0.2, 0.25) is 11.1 Å². The summed E-state index contributed by atoms with van der Waals surface area (Å²) in [7, 11) is 0. The van der Waals surface area contributed by atoms with E-state index in [1.54, 1.807) is 25.3 Å². The van der Waals surface area contributed by atoms with Gasteiger partial charge < -0.3 is 9.15 Å². The number of esters is 1. The van der Waals surface area contributed by atoms with Gasteiger partial charge in [-0.1, -0.05) is 11.8 Å². The minimum atomic E-state index is -0.298. The monoisotopic (exact) mass is 295 g/mol. The number of carbonyl (C=O) groups is 1. The fourth-order valence-electron chi connectivity index (χ4n) is 1.21. The largest absolute Gasteiger partial charge is 0.465 e. The number of H-pyrrole nitrogens is 1. The van der Waals surface area contributed by atoms with Gasteiger partial charge in [0.05, 0.1) is 24.8 Å². The van der Waals surface area contributed by atoms with Crippen LogP contribution in [0.15, 0.2) is 33.1 Å². The lowest BCUT2D eigenvalue weighted by atomic mass is 10.5. The third-order valence-corrected chi connectivity index (χ3v) is 2.82. The van der Waals surface area contributed by atoms with Crippen molar-refractivity contribution in [3.8, 4) is 0 Å². The van der Waals surface area contributed by atoms with Crippen molar-refractivity contribution < 1.29 is 13.9 Å². The average Bonchev–Trinajstić information content (AvgIpc) is 3.08. The Balaban J connectivity index is 1.78. The molecule has 0 fully saturated rings. The molecule has 0 bridgehead atoms. The lowest BCUT2D eigenvalue weighted by molar-refractivity contribution is -0.139. The Morgan fingerprint density at radius 3 is 3.35 bits per heavy atom. The van der Waals surface area contributed by atoms with Crippen LogP contribution in [0.2, 0.25) is 0 Å². The Hall–Kier alpha value is -2.29. The van der Waals surface area contributed by atoms with Crippen LogP contribution in [-0.2, 0) is 9.53 Å². The highest BCUT2D eigenvalue weighted by Crippen LogP contribution is 2.14. The lowest BCUT2D eigenvalue weighted by Crippen LogP contribution is -2.06. The van der Waals surface area contributed by atoms with Crippen LogP contribution < -0.4 is 5.43 Å². The van der Waals surface area contributed by atoms with E-state index in [1.165, 1.54) is 18.0 Å². The number of hydrogen-bond acceptors (Lipinski definition) is 8. The predicted octanol–water partition coefficient (Wildman–Crippen LogP) is 1.50. The van der Waals surface area contributed by atoms with Gasteiger partial charge in [-0.15, -0.1) is 5.10 Å². The first-order valence-electron chi connectivity index (χ1n) is 5.81. The number of aromatic nitrogens is 3. The number of rotatable bonds is 7. The van der Waals surface area contributed by atoms with E-state index in [2.05, 4.69) is 25.7 Å². The second kappa shape index (κ2) is 7.34. The summed E-state index contributed by atoms with van der Waals surface area (Å²) in [6.45, 7) is 2.12. The molecule has 0 aliphatic carbocycles. The van der Waals surface area contributed by atoms with Crippen LogP contribution >= 0.6 is 11.8 Å². The van der Waals surface area contributed by atoms with Gasteiger partial charge in [0.25, 0.3) is 0 Å². The second-order valence-electron chi connectivity index (χ2n) is 3.45. The summed E-state index contributed by atoms with van der Waals surface area (Å²) in [5.41, 5.74) is 2.67. The van der Waals surface area contributed by atoms with Gasteiger partial charge in [0.15, 0.2) is 0 Å². The standard InChI is InChI=1S/C11H13N5O3S/c1-2-18-9(17)7-20-11-13-10(15-16-11)14-12-6-8-4-3-5-19-8/h3-6H,2,7H2,1H3,(H2,13,14,15,16)/b12-6-. The fourth-order valence-corrected chi connectivity index (χ4v) is 1.81. The van der Waals surface area contributed by atoms with E-state index in [9.17, 15) is 4.79 Å². The van der Waals surface area contributed by atoms with E-state index in [0.29, 0.717) is 23.5 Å². The number of nitrogens with one attached hydrogen (secondary N) is 2. The number of nitrogens with zero attached hydrogens (tertiary/aromatic N) is 3. The third-order valence-electron chi connectivity index (χ3n) is 1.99. The molecule has 8 nitrogen and oxygen atoms in total. The lowest BCUT2D eigenvalue weighted by Gasteiger charge is -1.97. The molecule has 106 valence electrons. The Kier molecular flexibility index (Phi) is 5.18. The number of hydrogen-bond donors (Lipinski definition) is 2. The molecular formula is C11H13N5O3S. The van der Waals surface area contributed by atoms with Crippen LogP contribution in [0.4, 0.5) is 5.95 Å². The Labute approximate surface area is 119 Å². The second-order valence-corrected chi connectivity index (χ2v) is 4.39. The number of furan rings is 1. The van der Waals surface area contributed by atoms with E-state index >= 15 is 0 Å². The summed E-state index contributed by atoms with van der Waals surface area (Å²) in [4.78, 5) is 15.3.